The van der Waals surface area contributed by atoms with Crippen molar-refractivity contribution in [3.8, 4) is 0 Å². The molecule has 3 rings (SSSR count). The molecule has 128 valence electrons. The third-order valence-electron chi connectivity index (χ3n) is 4.19. The Labute approximate surface area is 147 Å². The normalized spacial score (nSPS) is 11.9. The predicted molar refractivity (Wildman–Crippen MR) is 98.4 cm³/mol. The number of carbonyl (C=O) groups excluding carboxylic acids is 1. The molecule has 0 aliphatic heterocycles. The van der Waals surface area contributed by atoms with Crippen molar-refractivity contribution in [1.82, 2.24) is 10.6 Å². The van der Waals surface area contributed by atoms with E-state index in [1.807, 2.05) is 55.5 Å². The second-order valence-electron chi connectivity index (χ2n) is 5.97. The van der Waals surface area contributed by atoms with Crippen LogP contribution < -0.4 is 10.6 Å². The zero-order valence-corrected chi connectivity index (χ0v) is 14.2. The lowest BCUT2D eigenvalue weighted by atomic mass is 9.91. The SMILES string of the molecule is CC(NC(=O)NCC(c1ccccc1)c1ccccc1)c1ccco1. The predicted octanol–water partition coefficient (Wildman–Crippen LogP) is 4.47. The number of hydrogen-bond acceptors (Lipinski definition) is 2. The van der Waals surface area contributed by atoms with Gasteiger partial charge in [-0.1, -0.05) is 60.7 Å². The summed E-state index contributed by atoms with van der Waals surface area (Å²) in [6.45, 7) is 2.41. The van der Waals surface area contributed by atoms with Crippen molar-refractivity contribution in [2.24, 2.45) is 0 Å². The third-order valence-corrected chi connectivity index (χ3v) is 4.19. The van der Waals surface area contributed by atoms with E-state index in [1.54, 1.807) is 6.26 Å². The Bertz CT molecular complexity index is 731. The molecule has 0 fully saturated rings. The van der Waals surface area contributed by atoms with Gasteiger partial charge in [0.15, 0.2) is 0 Å². The fourth-order valence-corrected chi connectivity index (χ4v) is 2.85. The molecule has 2 aromatic carbocycles. The molecule has 0 radical (unpaired) electrons. The Morgan fingerprint density at radius 3 is 2.04 bits per heavy atom. The van der Waals surface area contributed by atoms with Gasteiger partial charge in [-0.2, -0.15) is 0 Å². The first kappa shape index (κ1) is 16.8. The molecular formula is C21H22N2O2. The van der Waals surface area contributed by atoms with Crippen LogP contribution in [0.3, 0.4) is 0 Å². The molecule has 1 unspecified atom stereocenters. The van der Waals surface area contributed by atoms with Crippen LogP contribution in [0.1, 0.15) is 35.8 Å². The molecule has 25 heavy (non-hydrogen) atoms. The summed E-state index contributed by atoms with van der Waals surface area (Å²) < 4.78 is 5.32. The highest BCUT2D eigenvalue weighted by Crippen LogP contribution is 2.23. The van der Waals surface area contributed by atoms with E-state index >= 15 is 0 Å². The van der Waals surface area contributed by atoms with Crippen molar-refractivity contribution in [3.05, 3.63) is 95.9 Å². The highest BCUT2D eigenvalue weighted by molar-refractivity contribution is 5.74. The Balaban J connectivity index is 1.66. The number of urea groups is 1. The van der Waals surface area contributed by atoms with Gasteiger partial charge in [-0.05, 0) is 30.2 Å². The third kappa shape index (κ3) is 4.51. The minimum absolute atomic E-state index is 0.104. The number of furan rings is 1. The van der Waals surface area contributed by atoms with Crippen molar-refractivity contribution in [2.75, 3.05) is 6.54 Å². The fourth-order valence-electron chi connectivity index (χ4n) is 2.85. The Morgan fingerprint density at radius 2 is 1.52 bits per heavy atom. The molecule has 2 amide bonds. The van der Waals surface area contributed by atoms with Crippen LogP contribution in [0.15, 0.2) is 83.5 Å². The summed E-state index contributed by atoms with van der Waals surface area (Å²) in [5, 5.41) is 5.88. The standard InChI is InChI=1S/C21H22N2O2/c1-16(20-13-8-14-25-20)23-21(24)22-15-19(17-9-4-2-5-10-17)18-11-6-3-7-12-18/h2-14,16,19H,15H2,1H3,(H2,22,23,24). The van der Waals surface area contributed by atoms with Gasteiger partial charge in [0, 0.05) is 12.5 Å². The number of hydrogen-bond donors (Lipinski definition) is 2. The van der Waals surface area contributed by atoms with Crippen molar-refractivity contribution < 1.29 is 9.21 Å². The number of carbonyl (C=O) groups is 1. The van der Waals surface area contributed by atoms with E-state index in [1.165, 1.54) is 11.1 Å². The smallest absolute Gasteiger partial charge is 0.315 e. The maximum Gasteiger partial charge on any atom is 0.315 e. The Morgan fingerprint density at radius 1 is 0.920 bits per heavy atom. The first-order valence-corrected chi connectivity index (χ1v) is 8.41. The number of nitrogens with one attached hydrogen (secondary N) is 2. The van der Waals surface area contributed by atoms with Crippen LogP contribution in [0.4, 0.5) is 4.79 Å². The van der Waals surface area contributed by atoms with E-state index in [0.29, 0.717) is 6.54 Å². The molecule has 4 heteroatoms. The molecule has 0 bridgehead atoms. The molecule has 0 aliphatic rings. The first-order valence-electron chi connectivity index (χ1n) is 8.41. The molecule has 3 aromatic rings. The summed E-state index contributed by atoms with van der Waals surface area (Å²) >= 11 is 0. The van der Waals surface area contributed by atoms with E-state index in [2.05, 4.69) is 34.9 Å². The van der Waals surface area contributed by atoms with Crippen molar-refractivity contribution >= 4 is 6.03 Å². The van der Waals surface area contributed by atoms with Crippen LogP contribution in [-0.4, -0.2) is 12.6 Å². The maximum absolute atomic E-state index is 12.3. The van der Waals surface area contributed by atoms with Crippen LogP contribution in [-0.2, 0) is 0 Å². The molecule has 0 saturated heterocycles. The van der Waals surface area contributed by atoms with Gasteiger partial charge in [-0.15, -0.1) is 0 Å². The van der Waals surface area contributed by atoms with Crippen LogP contribution in [0.5, 0.6) is 0 Å². The lowest BCUT2D eigenvalue weighted by Gasteiger charge is -2.20. The molecular weight excluding hydrogens is 312 g/mol. The van der Waals surface area contributed by atoms with Crippen molar-refractivity contribution in [1.29, 1.82) is 0 Å². The average Bonchev–Trinajstić information content (AvgIpc) is 3.18. The summed E-state index contributed by atoms with van der Waals surface area (Å²) in [6, 6.07) is 23.7. The van der Waals surface area contributed by atoms with Gasteiger partial charge in [-0.25, -0.2) is 4.79 Å². The summed E-state index contributed by atoms with van der Waals surface area (Å²) in [5.41, 5.74) is 2.35. The van der Waals surface area contributed by atoms with Gasteiger partial charge in [0.1, 0.15) is 5.76 Å². The van der Waals surface area contributed by atoms with E-state index in [9.17, 15) is 4.79 Å². The number of rotatable bonds is 6. The van der Waals surface area contributed by atoms with Gasteiger partial charge >= 0.3 is 6.03 Å². The van der Waals surface area contributed by atoms with Gasteiger partial charge in [0.05, 0.1) is 12.3 Å². The second kappa shape index (κ2) is 8.20. The summed E-state index contributed by atoms with van der Waals surface area (Å²) in [6.07, 6.45) is 1.60. The van der Waals surface area contributed by atoms with E-state index in [4.69, 9.17) is 4.42 Å². The minimum atomic E-state index is -0.208. The molecule has 0 spiro atoms. The van der Waals surface area contributed by atoms with E-state index in [-0.39, 0.29) is 18.0 Å². The fraction of sp³-hybridized carbons (Fsp3) is 0.190. The molecule has 4 nitrogen and oxygen atoms in total. The molecule has 1 atom stereocenters. The highest BCUT2D eigenvalue weighted by atomic mass is 16.3. The summed E-state index contributed by atoms with van der Waals surface area (Å²) in [4.78, 5) is 12.3. The first-order chi connectivity index (χ1) is 12.2. The number of benzene rings is 2. The Kier molecular flexibility index (Phi) is 5.52. The molecule has 0 saturated carbocycles. The number of amides is 2. The van der Waals surface area contributed by atoms with Crippen LogP contribution >= 0.6 is 0 Å². The van der Waals surface area contributed by atoms with E-state index in [0.717, 1.165) is 5.76 Å². The van der Waals surface area contributed by atoms with Crippen LogP contribution in [0, 0.1) is 0 Å². The average molecular weight is 334 g/mol. The zero-order valence-electron chi connectivity index (χ0n) is 14.2. The quantitative estimate of drug-likeness (QED) is 0.699. The summed E-state index contributed by atoms with van der Waals surface area (Å²) in [5.74, 6) is 0.838. The van der Waals surface area contributed by atoms with Crippen molar-refractivity contribution in [2.45, 2.75) is 18.9 Å². The van der Waals surface area contributed by atoms with Gasteiger partial charge in [-0.3, -0.25) is 0 Å². The molecule has 0 aliphatic carbocycles. The van der Waals surface area contributed by atoms with Crippen LogP contribution in [0.2, 0.25) is 0 Å². The zero-order chi connectivity index (χ0) is 17.5. The van der Waals surface area contributed by atoms with Gasteiger partial charge in [0.25, 0.3) is 0 Å². The van der Waals surface area contributed by atoms with Gasteiger partial charge < -0.3 is 15.1 Å². The van der Waals surface area contributed by atoms with Crippen LogP contribution in [0.25, 0.3) is 0 Å². The largest absolute Gasteiger partial charge is 0.467 e. The Hall–Kier alpha value is -3.01. The highest BCUT2D eigenvalue weighted by Gasteiger charge is 2.16. The minimum Gasteiger partial charge on any atom is -0.467 e. The monoisotopic (exact) mass is 334 g/mol. The van der Waals surface area contributed by atoms with Gasteiger partial charge in [0.2, 0.25) is 0 Å². The maximum atomic E-state index is 12.3. The second-order valence-corrected chi connectivity index (χ2v) is 5.97. The van der Waals surface area contributed by atoms with Crippen molar-refractivity contribution in [3.63, 3.8) is 0 Å². The topological polar surface area (TPSA) is 54.3 Å². The molecule has 1 aromatic heterocycles. The molecule has 2 N–H and O–H groups in total. The molecule has 1 heterocycles. The van der Waals surface area contributed by atoms with E-state index < -0.39 is 0 Å². The lowest BCUT2D eigenvalue weighted by molar-refractivity contribution is 0.236. The summed E-state index contributed by atoms with van der Waals surface area (Å²) in [7, 11) is 0. The lowest BCUT2D eigenvalue weighted by Crippen LogP contribution is -2.39.